The van der Waals surface area contributed by atoms with Crippen LogP contribution in [0, 0.1) is 0 Å². The Morgan fingerprint density at radius 1 is 1.00 bits per heavy atom. The van der Waals surface area contributed by atoms with Crippen LogP contribution < -0.4 is 10.5 Å². The van der Waals surface area contributed by atoms with E-state index in [-0.39, 0.29) is 0 Å². The first-order chi connectivity index (χ1) is 8.29. The summed E-state index contributed by atoms with van der Waals surface area (Å²) < 4.78 is 18.1. The molecule has 3 heteroatoms. The van der Waals surface area contributed by atoms with Crippen molar-refractivity contribution in [2.24, 2.45) is 5.73 Å². The lowest BCUT2D eigenvalue weighted by Crippen LogP contribution is -2.11. The van der Waals surface area contributed by atoms with E-state index in [1.807, 2.05) is 42.5 Å². The van der Waals surface area contributed by atoms with Crippen LogP contribution in [0.15, 0.2) is 54.6 Å². The number of alkyl halides is 1. The maximum absolute atomic E-state index is 12.5. The van der Waals surface area contributed by atoms with E-state index < -0.39 is 12.7 Å². The minimum atomic E-state index is -0.589. The number of hydrogen-bond donors (Lipinski definition) is 1. The third kappa shape index (κ3) is 3.04. The fraction of sp³-hybridized carbons (Fsp3) is 0.143. The number of halogens is 1. The van der Waals surface area contributed by atoms with Crippen molar-refractivity contribution in [3.05, 3.63) is 60.2 Å². The molecule has 0 amide bonds. The van der Waals surface area contributed by atoms with Gasteiger partial charge < -0.3 is 10.5 Å². The van der Waals surface area contributed by atoms with Crippen LogP contribution in [0.25, 0.3) is 0 Å². The first-order valence-electron chi connectivity index (χ1n) is 5.44. The van der Waals surface area contributed by atoms with Crippen LogP contribution in [0.3, 0.4) is 0 Å². The Bertz CT molecular complexity index is 473. The average molecular weight is 231 g/mol. The molecule has 0 aromatic heterocycles. The average Bonchev–Trinajstić information content (AvgIpc) is 2.39. The molecule has 0 aliphatic rings. The molecule has 2 aromatic carbocycles. The van der Waals surface area contributed by atoms with Gasteiger partial charge in [-0.15, -0.1) is 0 Å². The van der Waals surface area contributed by atoms with E-state index in [2.05, 4.69) is 0 Å². The first-order valence-corrected chi connectivity index (χ1v) is 5.44. The third-order valence-electron chi connectivity index (χ3n) is 2.43. The van der Waals surface area contributed by atoms with E-state index in [4.69, 9.17) is 10.5 Å². The van der Waals surface area contributed by atoms with E-state index in [1.54, 1.807) is 12.1 Å². The van der Waals surface area contributed by atoms with Crippen LogP contribution in [0.4, 0.5) is 4.39 Å². The summed E-state index contributed by atoms with van der Waals surface area (Å²) in [5.41, 5.74) is 6.36. The zero-order valence-electron chi connectivity index (χ0n) is 9.34. The highest BCUT2D eigenvalue weighted by Gasteiger charge is 2.06. The fourth-order valence-corrected chi connectivity index (χ4v) is 1.52. The molecule has 0 aliphatic carbocycles. The smallest absolute Gasteiger partial charge is 0.127 e. The molecular formula is C14H14FNO. The summed E-state index contributed by atoms with van der Waals surface area (Å²) in [6.07, 6.45) is 0. The third-order valence-corrected chi connectivity index (χ3v) is 2.43. The zero-order valence-corrected chi connectivity index (χ0v) is 9.34. The van der Waals surface area contributed by atoms with Gasteiger partial charge in [0.1, 0.15) is 18.2 Å². The normalized spacial score (nSPS) is 12.1. The molecule has 2 rings (SSSR count). The van der Waals surface area contributed by atoms with Crippen molar-refractivity contribution in [1.82, 2.24) is 0 Å². The Balaban J connectivity index is 2.17. The van der Waals surface area contributed by atoms with Crippen LogP contribution >= 0.6 is 0 Å². The Morgan fingerprint density at radius 2 is 1.71 bits per heavy atom. The number of ether oxygens (including phenoxy) is 1. The van der Waals surface area contributed by atoms with E-state index >= 15 is 0 Å². The number of rotatable bonds is 4. The zero-order chi connectivity index (χ0) is 12.1. The molecule has 0 saturated carbocycles. The van der Waals surface area contributed by atoms with Crippen LogP contribution in [0.5, 0.6) is 11.5 Å². The van der Waals surface area contributed by atoms with Crippen molar-refractivity contribution < 1.29 is 9.13 Å². The largest absolute Gasteiger partial charge is 0.457 e. The van der Waals surface area contributed by atoms with E-state index in [0.717, 1.165) is 11.3 Å². The minimum absolute atomic E-state index is 0.575. The fourth-order valence-electron chi connectivity index (χ4n) is 1.52. The monoisotopic (exact) mass is 231 g/mol. The Morgan fingerprint density at radius 3 is 2.41 bits per heavy atom. The molecule has 0 heterocycles. The van der Waals surface area contributed by atoms with Crippen molar-refractivity contribution in [2.75, 3.05) is 6.67 Å². The predicted molar refractivity (Wildman–Crippen MR) is 65.9 cm³/mol. The summed E-state index contributed by atoms with van der Waals surface area (Å²) in [7, 11) is 0. The van der Waals surface area contributed by atoms with Gasteiger partial charge in [-0.2, -0.15) is 0 Å². The summed E-state index contributed by atoms with van der Waals surface area (Å²) in [5.74, 6) is 1.41. The van der Waals surface area contributed by atoms with E-state index in [0.29, 0.717) is 5.75 Å². The number of hydrogen-bond acceptors (Lipinski definition) is 2. The number of para-hydroxylation sites is 1. The van der Waals surface area contributed by atoms with Crippen molar-refractivity contribution >= 4 is 0 Å². The van der Waals surface area contributed by atoms with Gasteiger partial charge in [-0.1, -0.05) is 30.3 Å². The van der Waals surface area contributed by atoms with Crippen LogP contribution in [-0.2, 0) is 0 Å². The molecule has 2 aromatic rings. The van der Waals surface area contributed by atoms with Gasteiger partial charge in [0, 0.05) is 0 Å². The summed E-state index contributed by atoms with van der Waals surface area (Å²) in [5, 5.41) is 0. The Hall–Kier alpha value is -1.87. The molecule has 0 aliphatic heterocycles. The lowest BCUT2D eigenvalue weighted by atomic mass is 10.1. The summed E-state index contributed by atoms with van der Waals surface area (Å²) in [4.78, 5) is 0. The second-order valence-electron chi connectivity index (χ2n) is 3.75. The highest BCUT2D eigenvalue weighted by molar-refractivity contribution is 5.34. The second-order valence-corrected chi connectivity index (χ2v) is 3.75. The highest BCUT2D eigenvalue weighted by Crippen LogP contribution is 2.23. The quantitative estimate of drug-likeness (QED) is 0.874. The van der Waals surface area contributed by atoms with Gasteiger partial charge in [-0.25, -0.2) is 4.39 Å². The summed E-state index contributed by atoms with van der Waals surface area (Å²) >= 11 is 0. The van der Waals surface area contributed by atoms with E-state index in [9.17, 15) is 4.39 Å². The molecule has 0 fully saturated rings. The lowest BCUT2D eigenvalue weighted by molar-refractivity contribution is 0.434. The summed E-state index contributed by atoms with van der Waals surface area (Å²) in [6.45, 7) is -0.575. The van der Waals surface area contributed by atoms with Crippen molar-refractivity contribution in [3.63, 3.8) is 0 Å². The van der Waals surface area contributed by atoms with Crippen LogP contribution in [-0.4, -0.2) is 6.67 Å². The topological polar surface area (TPSA) is 35.2 Å². The molecule has 17 heavy (non-hydrogen) atoms. The van der Waals surface area contributed by atoms with Crippen LogP contribution in [0.1, 0.15) is 11.6 Å². The molecule has 0 saturated heterocycles. The SMILES string of the molecule is N[C@@H](CF)c1cccc(Oc2ccccc2)c1. The van der Waals surface area contributed by atoms with Gasteiger partial charge in [-0.3, -0.25) is 0 Å². The molecule has 0 bridgehead atoms. The maximum Gasteiger partial charge on any atom is 0.127 e. The molecule has 0 unspecified atom stereocenters. The van der Waals surface area contributed by atoms with Crippen molar-refractivity contribution in [3.8, 4) is 11.5 Å². The summed E-state index contributed by atoms with van der Waals surface area (Å²) in [6, 6.07) is 16.0. The van der Waals surface area contributed by atoms with Gasteiger partial charge in [0.2, 0.25) is 0 Å². The van der Waals surface area contributed by atoms with Gasteiger partial charge in [0.05, 0.1) is 6.04 Å². The molecule has 0 spiro atoms. The first kappa shape index (κ1) is 11.6. The highest BCUT2D eigenvalue weighted by atomic mass is 19.1. The van der Waals surface area contributed by atoms with Gasteiger partial charge >= 0.3 is 0 Å². The van der Waals surface area contributed by atoms with Crippen LogP contribution in [0.2, 0.25) is 0 Å². The van der Waals surface area contributed by atoms with Crippen molar-refractivity contribution in [2.45, 2.75) is 6.04 Å². The molecule has 2 nitrogen and oxygen atoms in total. The van der Waals surface area contributed by atoms with E-state index in [1.165, 1.54) is 0 Å². The van der Waals surface area contributed by atoms with Gasteiger partial charge in [0.25, 0.3) is 0 Å². The maximum atomic E-state index is 12.5. The van der Waals surface area contributed by atoms with Gasteiger partial charge in [0.15, 0.2) is 0 Å². The molecule has 88 valence electrons. The lowest BCUT2D eigenvalue weighted by Gasteiger charge is -2.10. The Kier molecular flexibility index (Phi) is 3.73. The van der Waals surface area contributed by atoms with Crippen molar-refractivity contribution in [1.29, 1.82) is 0 Å². The number of benzene rings is 2. The number of nitrogens with two attached hydrogens (primary N) is 1. The second kappa shape index (κ2) is 5.46. The molecule has 1 atom stereocenters. The van der Waals surface area contributed by atoms with Gasteiger partial charge in [-0.05, 0) is 29.8 Å². The molecular weight excluding hydrogens is 217 g/mol. The minimum Gasteiger partial charge on any atom is -0.457 e. The molecule has 0 radical (unpaired) electrons. The molecule has 2 N–H and O–H groups in total. The standard InChI is InChI=1S/C14H14FNO/c15-10-14(16)11-5-4-8-13(9-11)17-12-6-2-1-3-7-12/h1-9,14H,10,16H2/t14-/m0/s1. The Labute approximate surface area is 99.8 Å². The predicted octanol–water partition coefficient (Wildman–Crippen LogP) is 3.45.